The second-order valence-corrected chi connectivity index (χ2v) is 5.81. The van der Waals surface area contributed by atoms with Gasteiger partial charge in [0.1, 0.15) is 17.1 Å². The summed E-state index contributed by atoms with van der Waals surface area (Å²) < 4.78 is 10.3. The minimum absolute atomic E-state index is 0.101. The Morgan fingerprint density at radius 1 is 1.30 bits per heavy atom. The molecule has 0 spiro atoms. The van der Waals surface area contributed by atoms with Gasteiger partial charge < -0.3 is 14.6 Å². The maximum Gasteiger partial charge on any atom is 0.514 e. The molecule has 0 amide bonds. The average Bonchev–Trinajstić information content (AvgIpc) is 2.25. The van der Waals surface area contributed by atoms with Gasteiger partial charge in [-0.3, -0.25) is 0 Å². The maximum absolute atomic E-state index is 11.7. The fraction of sp³-hybridized carbons (Fsp3) is 0.438. The Kier molecular flexibility index (Phi) is 5.19. The van der Waals surface area contributed by atoms with E-state index in [-0.39, 0.29) is 5.75 Å². The summed E-state index contributed by atoms with van der Waals surface area (Å²) in [7, 11) is 0. The summed E-state index contributed by atoms with van der Waals surface area (Å²) in [6.45, 7) is 9.23. The van der Waals surface area contributed by atoms with Gasteiger partial charge >= 0.3 is 6.16 Å². The zero-order chi connectivity index (χ0) is 15.3. The molecule has 20 heavy (non-hydrogen) atoms. The Hall–Kier alpha value is -1.97. The van der Waals surface area contributed by atoms with Crippen molar-refractivity contribution in [3.63, 3.8) is 0 Å². The van der Waals surface area contributed by atoms with Crippen LogP contribution in [0.4, 0.5) is 4.79 Å². The molecule has 0 radical (unpaired) electrons. The molecule has 0 heterocycles. The molecular formula is C16H22O4. The summed E-state index contributed by atoms with van der Waals surface area (Å²) in [6.07, 6.45) is 1.67. The van der Waals surface area contributed by atoms with Gasteiger partial charge in [-0.05, 0) is 53.2 Å². The molecule has 0 fully saturated rings. The van der Waals surface area contributed by atoms with Crippen molar-refractivity contribution < 1.29 is 19.4 Å². The van der Waals surface area contributed by atoms with Crippen molar-refractivity contribution >= 4 is 6.16 Å². The number of carbonyl (C=O) groups excluding carboxylic acids is 1. The lowest BCUT2D eigenvalue weighted by molar-refractivity contribution is 0.0204. The highest BCUT2D eigenvalue weighted by molar-refractivity contribution is 5.65. The van der Waals surface area contributed by atoms with Crippen LogP contribution >= 0.6 is 0 Å². The number of aromatic hydroxyl groups is 1. The van der Waals surface area contributed by atoms with Gasteiger partial charge in [-0.2, -0.15) is 0 Å². The second kappa shape index (κ2) is 6.46. The molecule has 1 N–H and O–H groups in total. The fourth-order valence-corrected chi connectivity index (χ4v) is 1.52. The van der Waals surface area contributed by atoms with Gasteiger partial charge in [0.25, 0.3) is 0 Å². The molecule has 0 bridgehead atoms. The third kappa shape index (κ3) is 5.34. The minimum atomic E-state index is -0.776. The van der Waals surface area contributed by atoms with Gasteiger partial charge in [0.15, 0.2) is 0 Å². The highest BCUT2D eigenvalue weighted by Gasteiger charge is 2.19. The molecule has 0 aliphatic heterocycles. The number of ether oxygens (including phenoxy) is 2. The lowest BCUT2D eigenvalue weighted by atomic mass is 10.1. The number of benzene rings is 1. The topological polar surface area (TPSA) is 55.8 Å². The van der Waals surface area contributed by atoms with Crippen LogP contribution in [0.5, 0.6) is 11.5 Å². The van der Waals surface area contributed by atoms with Crippen molar-refractivity contribution in [3.05, 3.63) is 35.4 Å². The quantitative estimate of drug-likeness (QED) is 0.511. The second-order valence-electron chi connectivity index (χ2n) is 5.81. The van der Waals surface area contributed by atoms with E-state index in [9.17, 15) is 9.90 Å². The zero-order valence-corrected chi connectivity index (χ0v) is 12.7. The predicted molar refractivity (Wildman–Crippen MR) is 78.1 cm³/mol. The van der Waals surface area contributed by atoms with Crippen molar-refractivity contribution in [2.24, 2.45) is 0 Å². The molecule has 0 aliphatic carbocycles. The summed E-state index contributed by atoms with van der Waals surface area (Å²) in [5.41, 5.74) is 1.07. The van der Waals surface area contributed by atoms with Crippen molar-refractivity contribution in [2.75, 3.05) is 0 Å². The Morgan fingerprint density at radius 2 is 1.95 bits per heavy atom. The van der Waals surface area contributed by atoms with E-state index in [1.54, 1.807) is 39.0 Å². The minimum Gasteiger partial charge on any atom is -0.508 e. The average molecular weight is 278 g/mol. The lowest BCUT2D eigenvalue weighted by Gasteiger charge is -2.19. The van der Waals surface area contributed by atoms with Crippen LogP contribution in [-0.4, -0.2) is 16.9 Å². The fourth-order valence-electron chi connectivity index (χ4n) is 1.52. The number of hydrogen-bond donors (Lipinski definition) is 1. The van der Waals surface area contributed by atoms with Crippen LogP contribution in [0.1, 0.15) is 40.2 Å². The first-order chi connectivity index (χ1) is 9.19. The Morgan fingerprint density at radius 3 is 2.50 bits per heavy atom. The Balaban J connectivity index is 2.92. The molecule has 0 saturated carbocycles. The van der Waals surface area contributed by atoms with E-state index in [2.05, 4.69) is 0 Å². The maximum atomic E-state index is 11.7. The number of carbonyl (C=O) groups is 1. The van der Waals surface area contributed by atoms with E-state index in [0.29, 0.717) is 17.7 Å². The van der Waals surface area contributed by atoms with Crippen LogP contribution in [-0.2, 0) is 11.2 Å². The molecule has 0 atom stereocenters. The first kappa shape index (κ1) is 16.1. The number of phenols is 1. The number of rotatable bonds is 3. The normalized spacial score (nSPS) is 10.8. The van der Waals surface area contributed by atoms with E-state index in [4.69, 9.17) is 9.47 Å². The third-order valence-corrected chi connectivity index (χ3v) is 2.41. The first-order valence-corrected chi connectivity index (χ1v) is 6.54. The van der Waals surface area contributed by atoms with E-state index in [0.717, 1.165) is 5.57 Å². The van der Waals surface area contributed by atoms with Crippen LogP contribution in [0.15, 0.2) is 29.8 Å². The number of phenolic OH excluding ortho intramolecular Hbond substituents is 1. The summed E-state index contributed by atoms with van der Waals surface area (Å²) >= 11 is 0. The molecule has 0 aromatic heterocycles. The van der Waals surface area contributed by atoms with E-state index >= 15 is 0 Å². The smallest absolute Gasteiger partial charge is 0.508 e. The molecule has 1 rings (SSSR count). The molecule has 4 nitrogen and oxygen atoms in total. The zero-order valence-electron chi connectivity index (χ0n) is 12.7. The predicted octanol–water partition coefficient (Wildman–Crippen LogP) is 4.21. The summed E-state index contributed by atoms with van der Waals surface area (Å²) in [5, 5.41) is 9.89. The molecule has 110 valence electrons. The molecule has 0 unspecified atom stereocenters. The number of hydrogen-bond acceptors (Lipinski definition) is 4. The molecule has 0 saturated heterocycles. The summed E-state index contributed by atoms with van der Waals surface area (Å²) in [5.74, 6) is 0.417. The molecule has 0 aliphatic rings. The van der Waals surface area contributed by atoms with E-state index in [1.165, 1.54) is 0 Å². The highest BCUT2D eigenvalue weighted by Crippen LogP contribution is 2.29. The molecule has 1 aromatic carbocycles. The van der Waals surface area contributed by atoms with Gasteiger partial charge in [0, 0.05) is 5.56 Å². The van der Waals surface area contributed by atoms with Gasteiger partial charge in [-0.25, -0.2) is 4.79 Å². The molecule has 4 heteroatoms. The third-order valence-electron chi connectivity index (χ3n) is 2.41. The van der Waals surface area contributed by atoms with Crippen LogP contribution in [0.2, 0.25) is 0 Å². The van der Waals surface area contributed by atoms with Crippen LogP contribution in [0.3, 0.4) is 0 Å². The standard InChI is InChI=1S/C16H22O4/c1-11(2)9-10-12-13(17)7-6-8-14(12)19-15(18)20-16(3,4)5/h6-9,17H,10H2,1-5H3. The largest absolute Gasteiger partial charge is 0.514 e. The van der Waals surface area contributed by atoms with Gasteiger partial charge in [-0.1, -0.05) is 17.7 Å². The van der Waals surface area contributed by atoms with Crippen LogP contribution < -0.4 is 4.74 Å². The number of allylic oxidation sites excluding steroid dienone is 2. The van der Waals surface area contributed by atoms with Gasteiger partial charge in [-0.15, -0.1) is 0 Å². The summed E-state index contributed by atoms with van der Waals surface area (Å²) in [6, 6.07) is 4.83. The summed E-state index contributed by atoms with van der Waals surface area (Å²) in [4.78, 5) is 11.7. The van der Waals surface area contributed by atoms with E-state index < -0.39 is 11.8 Å². The highest BCUT2D eigenvalue weighted by atomic mass is 16.7. The van der Waals surface area contributed by atoms with Crippen LogP contribution in [0, 0.1) is 0 Å². The molecular weight excluding hydrogens is 256 g/mol. The Bertz CT molecular complexity index is 506. The van der Waals surface area contributed by atoms with Crippen LogP contribution in [0.25, 0.3) is 0 Å². The van der Waals surface area contributed by atoms with Crippen molar-refractivity contribution in [1.82, 2.24) is 0 Å². The van der Waals surface area contributed by atoms with Crippen molar-refractivity contribution in [1.29, 1.82) is 0 Å². The SMILES string of the molecule is CC(C)=CCc1c(O)cccc1OC(=O)OC(C)(C)C. The van der Waals surface area contributed by atoms with Crippen molar-refractivity contribution in [3.8, 4) is 11.5 Å². The lowest BCUT2D eigenvalue weighted by Crippen LogP contribution is -2.26. The van der Waals surface area contributed by atoms with Crippen molar-refractivity contribution in [2.45, 2.75) is 46.6 Å². The first-order valence-electron chi connectivity index (χ1n) is 6.54. The molecule has 1 aromatic rings. The van der Waals surface area contributed by atoms with Gasteiger partial charge in [0.2, 0.25) is 0 Å². The Labute approximate surface area is 120 Å². The van der Waals surface area contributed by atoms with Gasteiger partial charge in [0.05, 0.1) is 0 Å². The monoisotopic (exact) mass is 278 g/mol. The van der Waals surface area contributed by atoms with E-state index in [1.807, 2.05) is 19.9 Å².